The van der Waals surface area contributed by atoms with E-state index in [1.54, 1.807) is 0 Å². The van der Waals surface area contributed by atoms with E-state index >= 15 is 0 Å². The van der Waals surface area contributed by atoms with Gasteiger partial charge in [-0.25, -0.2) is 0 Å². The number of ketones is 1. The molecule has 0 aromatic carbocycles. The third-order valence-electron chi connectivity index (χ3n) is 7.47. The molecule has 0 radical (unpaired) electrons. The first-order chi connectivity index (χ1) is 9.98. The van der Waals surface area contributed by atoms with Gasteiger partial charge in [0.1, 0.15) is 5.78 Å². The molecule has 4 rings (SSSR count). The average Bonchev–Trinajstić information content (AvgIpc) is 2.72. The van der Waals surface area contributed by atoms with Gasteiger partial charge in [-0.3, -0.25) is 4.79 Å². The third-order valence-corrected chi connectivity index (χ3v) is 7.47. The van der Waals surface area contributed by atoms with E-state index in [0.717, 1.165) is 51.4 Å². The second-order valence-corrected chi connectivity index (χ2v) is 8.65. The Morgan fingerprint density at radius 1 is 1.10 bits per heavy atom. The number of aliphatic hydroxyl groups is 2. The Labute approximate surface area is 127 Å². The lowest BCUT2D eigenvalue weighted by Crippen LogP contribution is -2.53. The predicted molar refractivity (Wildman–Crippen MR) is 79.5 cm³/mol. The Hall–Kier alpha value is -0.410. The second kappa shape index (κ2) is 4.79. The molecule has 0 spiro atoms. The van der Waals surface area contributed by atoms with Crippen LogP contribution < -0.4 is 0 Å². The summed E-state index contributed by atoms with van der Waals surface area (Å²) in [7, 11) is 0. The third kappa shape index (κ3) is 2.11. The zero-order valence-electron chi connectivity index (χ0n) is 13.0. The SMILES string of the molecule is C[C@@]12C[C@@H](O)C[C@@H]1[C@@H]1CC[C@H]3CC(=O)CC[C@@H]3[C@H]1[C@H](O)C2. The fourth-order valence-electron chi connectivity index (χ4n) is 6.78. The number of carbonyl (C=O) groups is 1. The molecule has 0 unspecified atom stereocenters. The summed E-state index contributed by atoms with van der Waals surface area (Å²) in [6.45, 7) is 2.28. The second-order valence-electron chi connectivity index (χ2n) is 8.65. The van der Waals surface area contributed by atoms with Crippen molar-refractivity contribution in [3.63, 3.8) is 0 Å². The first-order valence-corrected chi connectivity index (χ1v) is 8.86. The monoisotopic (exact) mass is 292 g/mol. The fourth-order valence-corrected chi connectivity index (χ4v) is 6.78. The van der Waals surface area contributed by atoms with Crippen LogP contribution in [0.2, 0.25) is 0 Å². The van der Waals surface area contributed by atoms with Crippen molar-refractivity contribution >= 4 is 5.78 Å². The van der Waals surface area contributed by atoms with Crippen LogP contribution in [0.15, 0.2) is 0 Å². The van der Waals surface area contributed by atoms with Crippen molar-refractivity contribution in [2.45, 2.75) is 70.5 Å². The molecule has 3 nitrogen and oxygen atoms in total. The van der Waals surface area contributed by atoms with Crippen molar-refractivity contribution in [2.24, 2.45) is 35.0 Å². The maximum atomic E-state index is 11.7. The minimum absolute atomic E-state index is 0.136. The van der Waals surface area contributed by atoms with Crippen LogP contribution >= 0.6 is 0 Å². The quantitative estimate of drug-likeness (QED) is 0.721. The Morgan fingerprint density at radius 3 is 2.71 bits per heavy atom. The van der Waals surface area contributed by atoms with Crippen molar-refractivity contribution < 1.29 is 15.0 Å². The van der Waals surface area contributed by atoms with Crippen LogP contribution in [0.5, 0.6) is 0 Å². The maximum Gasteiger partial charge on any atom is 0.133 e. The van der Waals surface area contributed by atoms with E-state index in [1.807, 2.05) is 0 Å². The molecular weight excluding hydrogens is 264 g/mol. The van der Waals surface area contributed by atoms with Gasteiger partial charge in [-0.2, -0.15) is 0 Å². The van der Waals surface area contributed by atoms with E-state index in [1.165, 1.54) is 0 Å². The Bertz CT molecular complexity index is 448. The summed E-state index contributed by atoms with van der Waals surface area (Å²) < 4.78 is 0. The average molecular weight is 292 g/mol. The number of hydrogen-bond donors (Lipinski definition) is 2. The first-order valence-electron chi connectivity index (χ1n) is 8.86. The van der Waals surface area contributed by atoms with Crippen LogP contribution in [-0.2, 0) is 4.79 Å². The normalized spacial score (nSPS) is 56.5. The van der Waals surface area contributed by atoms with E-state index in [9.17, 15) is 15.0 Å². The summed E-state index contributed by atoms with van der Waals surface area (Å²) in [5.74, 6) is 3.06. The number of carbonyl (C=O) groups excluding carboxylic acids is 1. The van der Waals surface area contributed by atoms with Gasteiger partial charge in [0.2, 0.25) is 0 Å². The van der Waals surface area contributed by atoms with Crippen LogP contribution in [0.1, 0.15) is 58.3 Å². The standard InChI is InChI=1S/C18H28O3/c1-18-8-12(20)7-15(18)14-4-2-10-6-11(19)3-5-13(10)17(14)16(21)9-18/h10,12-17,20-21H,2-9H2,1H3/t10-,12-,13-,14-,15+,16+,17+,18-/m0/s1. The molecule has 4 aliphatic rings. The van der Waals surface area contributed by atoms with Gasteiger partial charge in [0, 0.05) is 12.8 Å². The van der Waals surface area contributed by atoms with Crippen LogP contribution in [0, 0.1) is 35.0 Å². The molecule has 0 bridgehead atoms. The van der Waals surface area contributed by atoms with Crippen molar-refractivity contribution in [1.82, 2.24) is 0 Å². The molecule has 4 fully saturated rings. The number of aliphatic hydroxyl groups excluding tert-OH is 2. The summed E-state index contributed by atoms with van der Waals surface area (Å²) in [6.07, 6.45) is 7.05. The van der Waals surface area contributed by atoms with Crippen molar-refractivity contribution in [3.8, 4) is 0 Å². The van der Waals surface area contributed by atoms with Crippen LogP contribution in [0.25, 0.3) is 0 Å². The lowest BCUT2D eigenvalue weighted by molar-refractivity contribution is -0.139. The van der Waals surface area contributed by atoms with Crippen LogP contribution in [0.3, 0.4) is 0 Å². The summed E-state index contributed by atoms with van der Waals surface area (Å²) in [5.41, 5.74) is 0.136. The van der Waals surface area contributed by atoms with Crippen molar-refractivity contribution in [3.05, 3.63) is 0 Å². The molecule has 21 heavy (non-hydrogen) atoms. The van der Waals surface area contributed by atoms with E-state index in [4.69, 9.17) is 0 Å². The van der Waals surface area contributed by atoms with Gasteiger partial charge >= 0.3 is 0 Å². The summed E-state index contributed by atoms with van der Waals surface area (Å²) in [5, 5.41) is 21.0. The largest absolute Gasteiger partial charge is 0.393 e. The zero-order valence-corrected chi connectivity index (χ0v) is 13.0. The molecule has 8 atom stereocenters. The number of hydrogen-bond acceptors (Lipinski definition) is 3. The smallest absolute Gasteiger partial charge is 0.133 e. The maximum absolute atomic E-state index is 11.7. The highest BCUT2D eigenvalue weighted by molar-refractivity contribution is 5.79. The van der Waals surface area contributed by atoms with E-state index in [0.29, 0.717) is 35.4 Å². The van der Waals surface area contributed by atoms with E-state index in [-0.39, 0.29) is 17.6 Å². The van der Waals surface area contributed by atoms with Crippen molar-refractivity contribution in [2.75, 3.05) is 0 Å². The predicted octanol–water partition coefficient (Wildman–Crippen LogP) is 2.54. The molecule has 2 N–H and O–H groups in total. The number of rotatable bonds is 0. The summed E-state index contributed by atoms with van der Waals surface area (Å²) in [4.78, 5) is 11.7. The fraction of sp³-hybridized carbons (Fsp3) is 0.944. The van der Waals surface area contributed by atoms with E-state index < -0.39 is 0 Å². The molecule has 4 aliphatic carbocycles. The number of Topliss-reactive ketones (excluding diaryl/α,β-unsaturated/α-hetero) is 1. The minimum Gasteiger partial charge on any atom is -0.393 e. The first kappa shape index (κ1) is 14.2. The van der Waals surface area contributed by atoms with Crippen LogP contribution in [0.4, 0.5) is 0 Å². The van der Waals surface area contributed by atoms with Crippen molar-refractivity contribution in [1.29, 1.82) is 0 Å². The van der Waals surface area contributed by atoms with Gasteiger partial charge in [0.05, 0.1) is 12.2 Å². The molecular formula is C18H28O3. The highest BCUT2D eigenvalue weighted by Gasteiger charge is 2.58. The zero-order chi connectivity index (χ0) is 14.8. The Balaban J connectivity index is 1.62. The topological polar surface area (TPSA) is 57.5 Å². The van der Waals surface area contributed by atoms with Crippen LogP contribution in [-0.4, -0.2) is 28.2 Å². The molecule has 3 heteroatoms. The van der Waals surface area contributed by atoms with Gasteiger partial charge in [-0.1, -0.05) is 6.92 Å². The molecule has 0 aromatic rings. The minimum atomic E-state index is -0.220. The highest BCUT2D eigenvalue weighted by Crippen LogP contribution is 2.62. The molecule has 0 aliphatic heterocycles. The molecule has 0 saturated heterocycles. The van der Waals surface area contributed by atoms with Gasteiger partial charge in [0.15, 0.2) is 0 Å². The molecule has 0 aromatic heterocycles. The van der Waals surface area contributed by atoms with Gasteiger partial charge in [0.25, 0.3) is 0 Å². The Morgan fingerprint density at radius 2 is 1.90 bits per heavy atom. The lowest BCUT2D eigenvalue weighted by atomic mass is 9.50. The Kier molecular flexibility index (Phi) is 3.24. The molecule has 0 amide bonds. The molecule has 118 valence electrons. The molecule has 0 heterocycles. The lowest BCUT2D eigenvalue weighted by Gasteiger charge is -2.56. The van der Waals surface area contributed by atoms with Gasteiger partial charge < -0.3 is 10.2 Å². The summed E-state index contributed by atoms with van der Waals surface area (Å²) in [6, 6.07) is 0. The van der Waals surface area contributed by atoms with Gasteiger partial charge in [-0.15, -0.1) is 0 Å². The highest BCUT2D eigenvalue weighted by atomic mass is 16.3. The molecule has 4 saturated carbocycles. The number of fused-ring (bicyclic) bond motifs is 5. The summed E-state index contributed by atoms with van der Waals surface area (Å²) >= 11 is 0. The van der Waals surface area contributed by atoms with Gasteiger partial charge in [-0.05, 0) is 73.5 Å². The van der Waals surface area contributed by atoms with E-state index in [2.05, 4.69) is 6.92 Å².